The summed E-state index contributed by atoms with van der Waals surface area (Å²) in [5.74, 6) is -0.915. The van der Waals surface area contributed by atoms with Gasteiger partial charge in [-0.2, -0.15) is 0 Å². The number of halogens is 1. The zero-order chi connectivity index (χ0) is 31.7. The van der Waals surface area contributed by atoms with Gasteiger partial charge in [0, 0.05) is 20.0 Å². The lowest BCUT2D eigenvalue weighted by Gasteiger charge is -2.33. The normalized spacial score (nSPS) is 11.8. The first-order valence-electron chi connectivity index (χ1n) is 14.2. The monoisotopic (exact) mass is 617 g/mol. The molecule has 8 nitrogen and oxygen atoms in total. The summed E-state index contributed by atoms with van der Waals surface area (Å²) in [6.07, 6.45) is 0.182. The first-order valence-corrected chi connectivity index (χ1v) is 15.7. The quantitative estimate of drug-likeness (QED) is 0.225. The molecule has 0 aliphatic rings. The number of hydrogen-bond acceptors (Lipinski definition) is 5. The summed E-state index contributed by atoms with van der Waals surface area (Å²) in [7, 11) is -2.74. The van der Waals surface area contributed by atoms with Gasteiger partial charge < -0.3 is 15.0 Å². The lowest BCUT2D eigenvalue weighted by atomic mass is 10.0. The molecule has 44 heavy (non-hydrogen) atoms. The van der Waals surface area contributed by atoms with Crippen LogP contribution in [-0.4, -0.2) is 51.4 Å². The number of anilines is 1. The number of benzene rings is 4. The minimum absolute atomic E-state index is 0.0157. The maximum atomic E-state index is 14.3. The van der Waals surface area contributed by atoms with Crippen LogP contribution in [-0.2, 0) is 32.6 Å². The van der Waals surface area contributed by atoms with Gasteiger partial charge in [-0.25, -0.2) is 12.8 Å². The Morgan fingerprint density at radius 1 is 0.864 bits per heavy atom. The van der Waals surface area contributed by atoms with Crippen molar-refractivity contribution in [3.63, 3.8) is 0 Å². The first kappa shape index (κ1) is 32.2. The van der Waals surface area contributed by atoms with Crippen molar-refractivity contribution in [2.75, 3.05) is 24.5 Å². The third-order valence-corrected chi connectivity index (χ3v) is 8.90. The Morgan fingerprint density at radius 3 is 2.09 bits per heavy atom. The first-order chi connectivity index (χ1) is 21.1. The van der Waals surface area contributed by atoms with Crippen LogP contribution >= 0.6 is 0 Å². The molecule has 4 aromatic carbocycles. The molecule has 0 spiro atoms. The number of nitrogens with one attached hydrogen (secondary N) is 1. The number of amides is 2. The maximum absolute atomic E-state index is 14.3. The molecular formula is C34H36FN3O5S. The van der Waals surface area contributed by atoms with Crippen LogP contribution in [0.5, 0.6) is 5.75 Å². The van der Waals surface area contributed by atoms with Crippen molar-refractivity contribution < 1.29 is 27.1 Å². The lowest BCUT2D eigenvalue weighted by molar-refractivity contribution is -0.139. The molecule has 0 saturated carbocycles. The Balaban J connectivity index is 1.78. The number of sulfonamides is 1. The van der Waals surface area contributed by atoms with Crippen LogP contribution in [0, 0.1) is 12.7 Å². The number of carbonyl (C=O) groups excluding carboxylic acids is 2. The highest BCUT2D eigenvalue weighted by molar-refractivity contribution is 7.92. The molecule has 0 saturated heterocycles. The molecule has 1 atom stereocenters. The molecule has 1 unspecified atom stereocenters. The molecule has 0 heterocycles. The fourth-order valence-corrected chi connectivity index (χ4v) is 6.16. The smallest absolute Gasteiger partial charge is 0.264 e. The minimum Gasteiger partial charge on any atom is -0.494 e. The number of carbonyl (C=O) groups is 2. The number of rotatable bonds is 13. The van der Waals surface area contributed by atoms with E-state index >= 15 is 0 Å². The standard InChI is InChI=1S/C34H36FN3O5S/c1-4-43-30-18-16-29(17-19-30)38(44(41,42)31-20-10-25(2)11-21-31)24-33(39)37(23-27-12-14-28(35)15-13-27)32(34(40)36-3)22-26-8-6-5-7-9-26/h5-21,32H,4,22-24H2,1-3H3,(H,36,40). The second-order valence-corrected chi connectivity index (χ2v) is 12.1. The Kier molecular flexibility index (Phi) is 10.7. The van der Waals surface area contributed by atoms with Crippen LogP contribution in [0.4, 0.5) is 10.1 Å². The molecule has 2 amide bonds. The number of likely N-dealkylation sites (N-methyl/N-ethyl adjacent to an activating group) is 1. The van der Waals surface area contributed by atoms with E-state index in [1.54, 1.807) is 36.4 Å². The van der Waals surface area contributed by atoms with Crippen molar-refractivity contribution >= 4 is 27.5 Å². The molecule has 4 aromatic rings. The van der Waals surface area contributed by atoms with Gasteiger partial charge in [-0.3, -0.25) is 13.9 Å². The second kappa shape index (κ2) is 14.7. The summed E-state index contributed by atoms with van der Waals surface area (Å²) in [6, 6.07) is 26.7. The lowest BCUT2D eigenvalue weighted by Crippen LogP contribution is -2.53. The minimum atomic E-state index is -4.22. The maximum Gasteiger partial charge on any atom is 0.264 e. The second-order valence-electron chi connectivity index (χ2n) is 10.2. The van der Waals surface area contributed by atoms with Crippen molar-refractivity contribution in [1.82, 2.24) is 10.2 Å². The number of ether oxygens (including phenoxy) is 1. The van der Waals surface area contributed by atoms with Crippen molar-refractivity contribution in [3.05, 3.63) is 126 Å². The predicted octanol–water partition coefficient (Wildman–Crippen LogP) is 5.11. The molecule has 0 aromatic heterocycles. The van der Waals surface area contributed by atoms with Gasteiger partial charge in [0.05, 0.1) is 17.2 Å². The van der Waals surface area contributed by atoms with Crippen molar-refractivity contribution in [2.45, 2.75) is 37.8 Å². The zero-order valence-electron chi connectivity index (χ0n) is 24.9. The fourth-order valence-electron chi connectivity index (χ4n) is 4.75. The van der Waals surface area contributed by atoms with Crippen LogP contribution in [0.25, 0.3) is 0 Å². The summed E-state index contributed by atoms with van der Waals surface area (Å²) >= 11 is 0. The van der Waals surface area contributed by atoms with E-state index in [2.05, 4.69) is 5.32 Å². The van der Waals surface area contributed by atoms with Crippen LogP contribution in [0.2, 0.25) is 0 Å². The summed E-state index contributed by atoms with van der Waals surface area (Å²) in [5.41, 5.74) is 2.53. The molecule has 10 heteroatoms. The van der Waals surface area contributed by atoms with Crippen LogP contribution in [0.15, 0.2) is 108 Å². The van der Waals surface area contributed by atoms with Crippen LogP contribution in [0.3, 0.4) is 0 Å². The number of nitrogens with zero attached hydrogens (tertiary/aromatic N) is 2. The molecule has 4 rings (SSSR count). The van der Waals surface area contributed by atoms with Gasteiger partial charge in [0.1, 0.15) is 24.2 Å². The highest BCUT2D eigenvalue weighted by Gasteiger charge is 2.34. The summed E-state index contributed by atoms with van der Waals surface area (Å²) in [6.45, 7) is 3.49. The Labute approximate surface area is 258 Å². The zero-order valence-corrected chi connectivity index (χ0v) is 25.8. The van der Waals surface area contributed by atoms with E-state index in [-0.39, 0.29) is 23.5 Å². The molecule has 0 radical (unpaired) electrons. The van der Waals surface area contributed by atoms with Crippen molar-refractivity contribution in [2.24, 2.45) is 0 Å². The summed E-state index contributed by atoms with van der Waals surface area (Å²) in [5, 5.41) is 2.64. The number of hydrogen-bond donors (Lipinski definition) is 1. The van der Waals surface area contributed by atoms with Crippen molar-refractivity contribution in [1.29, 1.82) is 0 Å². The predicted molar refractivity (Wildman–Crippen MR) is 168 cm³/mol. The van der Waals surface area contributed by atoms with Gasteiger partial charge in [-0.05, 0) is 73.5 Å². The average Bonchev–Trinajstić information content (AvgIpc) is 3.03. The fraction of sp³-hybridized carbons (Fsp3) is 0.235. The average molecular weight is 618 g/mol. The molecule has 0 fully saturated rings. The molecule has 1 N–H and O–H groups in total. The van der Waals surface area contributed by atoms with Gasteiger partial charge in [0.15, 0.2) is 0 Å². The summed E-state index contributed by atoms with van der Waals surface area (Å²) < 4.78 is 48.4. The third kappa shape index (κ3) is 8.02. The molecule has 0 aliphatic heterocycles. The highest BCUT2D eigenvalue weighted by Crippen LogP contribution is 2.27. The van der Waals surface area contributed by atoms with E-state index in [9.17, 15) is 22.4 Å². The molecule has 0 bridgehead atoms. The molecule has 230 valence electrons. The van der Waals surface area contributed by atoms with E-state index < -0.39 is 40.2 Å². The van der Waals surface area contributed by atoms with E-state index in [4.69, 9.17) is 4.74 Å². The summed E-state index contributed by atoms with van der Waals surface area (Å²) in [4.78, 5) is 29.0. The highest BCUT2D eigenvalue weighted by atomic mass is 32.2. The SMILES string of the molecule is CCOc1ccc(N(CC(=O)N(Cc2ccc(F)cc2)C(Cc2ccccc2)C(=O)NC)S(=O)(=O)c2ccc(C)cc2)cc1. The van der Waals surface area contributed by atoms with E-state index in [0.29, 0.717) is 17.9 Å². The molecule has 0 aliphatic carbocycles. The largest absolute Gasteiger partial charge is 0.494 e. The van der Waals surface area contributed by atoms with Gasteiger partial charge in [-0.15, -0.1) is 0 Å². The Hall–Kier alpha value is -4.70. The van der Waals surface area contributed by atoms with Crippen LogP contribution in [0.1, 0.15) is 23.6 Å². The Morgan fingerprint density at radius 2 is 1.50 bits per heavy atom. The van der Waals surface area contributed by atoms with E-state index in [1.165, 1.54) is 48.3 Å². The molecular weight excluding hydrogens is 581 g/mol. The topological polar surface area (TPSA) is 96.0 Å². The van der Waals surface area contributed by atoms with Crippen molar-refractivity contribution in [3.8, 4) is 5.75 Å². The Bertz CT molecular complexity index is 1650. The van der Waals surface area contributed by atoms with Gasteiger partial charge >= 0.3 is 0 Å². The third-order valence-electron chi connectivity index (χ3n) is 7.11. The van der Waals surface area contributed by atoms with Crippen LogP contribution < -0.4 is 14.4 Å². The van der Waals surface area contributed by atoms with E-state index in [0.717, 1.165) is 15.4 Å². The van der Waals surface area contributed by atoms with Gasteiger partial charge in [0.2, 0.25) is 11.8 Å². The van der Waals surface area contributed by atoms with E-state index in [1.807, 2.05) is 44.2 Å². The van der Waals surface area contributed by atoms with Gasteiger partial charge in [-0.1, -0.05) is 60.2 Å². The van der Waals surface area contributed by atoms with Gasteiger partial charge in [0.25, 0.3) is 10.0 Å². The number of aryl methyl sites for hydroxylation is 1.